The number of ether oxygens (including phenoxy) is 1. The highest BCUT2D eigenvalue weighted by Crippen LogP contribution is 2.12. The molecule has 3 aromatic rings. The van der Waals surface area contributed by atoms with Crippen LogP contribution in [-0.4, -0.2) is 23.8 Å². The minimum absolute atomic E-state index is 0.0390. The zero-order valence-electron chi connectivity index (χ0n) is 15.8. The molecule has 1 aromatic heterocycles. The molecule has 0 fully saturated rings. The van der Waals surface area contributed by atoms with Crippen molar-refractivity contribution in [3.05, 3.63) is 99.5 Å². The van der Waals surface area contributed by atoms with Crippen molar-refractivity contribution in [3.63, 3.8) is 0 Å². The smallest absolute Gasteiger partial charge is 0.276 e. The number of carbonyl (C=O) groups is 1. The average molecular weight is 375 g/mol. The van der Waals surface area contributed by atoms with Crippen LogP contribution in [0.3, 0.4) is 0 Å². The Morgan fingerprint density at radius 2 is 1.82 bits per heavy atom. The van der Waals surface area contributed by atoms with Gasteiger partial charge in [-0.05, 0) is 42.3 Å². The van der Waals surface area contributed by atoms with Crippen molar-refractivity contribution >= 4 is 12.1 Å². The van der Waals surface area contributed by atoms with E-state index in [4.69, 9.17) is 4.74 Å². The number of aromatic nitrogens is 1. The number of methoxy groups -OCH3 is 1. The van der Waals surface area contributed by atoms with E-state index in [9.17, 15) is 9.59 Å². The Balaban J connectivity index is 1.71. The highest BCUT2D eigenvalue weighted by molar-refractivity contribution is 5.94. The minimum atomic E-state index is -0.544. The molecule has 0 aliphatic heterocycles. The zero-order valence-corrected chi connectivity index (χ0v) is 15.8. The van der Waals surface area contributed by atoms with Crippen LogP contribution in [0.15, 0.2) is 76.8 Å². The van der Waals surface area contributed by atoms with Crippen LogP contribution < -0.4 is 15.7 Å². The van der Waals surface area contributed by atoms with Crippen LogP contribution in [-0.2, 0) is 6.54 Å². The molecule has 0 saturated carbocycles. The second-order valence-corrected chi connectivity index (χ2v) is 6.31. The fourth-order valence-electron chi connectivity index (χ4n) is 2.64. The second kappa shape index (κ2) is 8.81. The normalized spacial score (nSPS) is 10.8. The van der Waals surface area contributed by atoms with Crippen molar-refractivity contribution in [2.75, 3.05) is 7.11 Å². The lowest BCUT2D eigenvalue weighted by Crippen LogP contribution is -2.30. The fourth-order valence-corrected chi connectivity index (χ4v) is 2.64. The number of hydrazone groups is 1. The third-order valence-corrected chi connectivity index (χ3v) is 4.23. The van der Waals surface area contributed by atoms with Gasteiger partial charge in [-0.15, -0.1) is 0 Å². The first-order valence-corrected chi connectivity index (χ1v) is 8.79. The van der Waals surface area contributed by atoms with Crippen LogP contribution in [0.25, 0.3) is 0 Å². The van der Waals surface area contributed by atoms with Crippen LogP contribution in [0.1, 0.15) is 27.0 Å². The Labute approximate surface area is 163 Å². The zero-order chi connectivity index (χ0) is 19.9. The lowest BCUT2D eigenvalue weighted by molar-refractivity contribution is 0.0953. The molecule has 1 amide bonds. The van der Waals surface area contributed by atoms with Crippen molar-refractivity contribution < 1.29 is 9.53 Å². The molecule has 0 atom stereocenters. The van der Waals surface area contributed by atoms with E-state index < -0.39 is 5.91 Å². The molecular formula is C22H21N3O3. The first-order chi connectivity index (χ1) is 13.6. The van der Waals surface area contributed by atoms with E-state index in [0.717, 1.165) is 22.4 Å². The number of rotatable bonds is 6. The number of hydrogen-bond donors (Lipinski definition) is 1. The molecule has 0 radical (unpaired) electrons. The van der Waals surface area contributed by atoms with Gasteiger partial charge in [0.15, 0.2) is 0 Å². The summed E-state index contributed by atoms with van der Waals surface area (Å²) in [6.45, 7) is 2.35. The molecule has 0 bridgehead atoms. The SMILES string of the molecule is COc1ccc(Cn2cccc(C(=O)N/N=C\c3ccc(C)cc3)c2=O)cc1. The maximum Gasteiger partial charge on any atom is 0.276 e. The summed E-state index contributed by atoms with van der Waals surface area (Å²) in [6, 6.07) is 18.3. The molecule has 1 N–H and O–H groups in total. The molecule has 142 valence electrons. The van der Waals surface area contributed by atoms with Crippen LogP contribution in [0.4, 0.5) is 0 Å². The first-order valence-electron chi connectivity index (χ1n) is 8.79. The molecule has 3 rings (SSSR count). The second-order valence-electron chi connectivity index (χ2n) is 6.31. The molecule has 2 aromatic carbocycles. The van der Waals surface area contributed by atoms with Crippen molar-refractivity contribution in [2.24, 2.45) is 5.10 Å². The third-order valence-electron chi connectivity index (χ3n) is 4.23. The average Bonchev–Trinajstić information content (AvgIpc) is 2.71. The lowest BCUT2D eigenvalue weighted by Gasteiger charge is -2.08. The number of hydrogen-bond acceptors (Lipinski definition) is 4. The molecule has 6 heteroatoms. The van der Waals surface area contributed by atoms with Gasteiger partial charge in [0.25, 0.3) is 11.5 Å². The predicted octanol–water partition coefficient (Wildman–Crippen LogP) is 2.98. The van der Waals surface area contributed by atoms with Gasteiger partial charge in [-0.3, -0.25) is 9.59 Å². The van der Waals surface area contributed by atoms with Gasteiger partial charge < -0.3 is 9.30 Å². The molecule has 0 spiro atoms. The third kappa shape index (κ3) is 4.73. The van der Waals surface area contributed by atoms with E-state index in [1.165, 1.54) is 16.8 Å². The molecule has 0 saturated heterocycles. The van der Waals surface area contributed by atoms with E-state index in [1.807, 2.05) is 55.5 Å². The molecule has 1 heterocycles. The van der Waals surface area contributed by atoms with Gasteiger partial charge in [0.1, 0.15) is 11.3 Å². The molecule has 0 aliphatic rings. The van der Waals surface area contributed by atoms with E-state index >= 15 is 0 Å². The summed E-state index contributed by atoms with van der Waals surface area (Å²) in [5.41, 5.74) is 5.00. The van der Waals surface area contributed by atoms with E-state index in [0.29, 0.717) is 6.54 Å². The topological polar surface area (TPSA) is 72.7 Å². The maximum atomic E-state index is 12.6. The molecule has 0 aliphatic carbocycles. The number of aryl methyl sites for hydroxylation is 1. The summed E-state index contributed by atoms with van der Waals surface area (Å²) >= 11 is 0. The first kappa shape index (κ1) is 19.1. The minimum Gasteiger partial charge on any atom is -0.497 e. The maximum absolute atomic E-state index is 12.6. The molecule has 6 nitrogen and oxygen atoms in total. The standard InChI is InChI=1S/C22H21N3O3/c1-16-5-7-17(8-6-16)14-23-24-21(26)20-4-3-13-25(22(20)27)15-18-9-11-19(28-2)12-10-18/h3-14H,15H2,1-2H3,(H,24,26)/b23-14-. The van der Waals surface area contributed by atoms with Gasteiger partial charge in [0.05, 0.1) is 19.9 Å². The van der Waals surface area contributed by atoms with E-state index in [-0.39, 0.29) is 11.1 Å². The van der Waals surface area contributed by atoms with E-state index in [1.54, 1.807) is 19.4 Å². The van der Waals surface area contributed by atoms with Crippen LogP contribution in [0.2, 0.25) is 0 Å². The van der Waals surface area contributed by atoms with Gasteiger partial charge in [0, 0.05) is 6.20 Å². The number of benzene rings is 2. The van der Waals surface area contributed by atoms with E-state index in [2.05, 4.69) is 10.5 Å². The van der Waals surface area contributed by atoms with Crippen LogP contribution >= 0.6 is 0 Å². The Kier molecular flexibility index (Phi) is 6.01. The lowest BCUT2D eigenvalue weighted by atomic mass is 10.2. The highest BCUT2D eigenvalue weighted by atomic mass is 16.5. The number of amides is 1. The van der Waals surface area contributed by atoms with Crippen molar-refractivity contribution in [3.8, 4) is 5.75 Å². The van der Waals surface area contributed by atoms with Crippen LogP contribution in [0.5, 0.6) is 5.75 Å². The largest absolute Gasteiger partial charge is 0.497 e. The summed E-state index contributed by atoms with van der Waals surface area (Å²) in [7, 11) is 1.60. The number of pyridine rings is 1. The van der Waals surface area contributed by atoms with Gasteiger partial charge >= 0.3 is 0 Å². The Hall–Kier alpha value is -3.67. The summed E-state index contributed by atoms with van der Waals surface area (Å²) in [6.07, 6.45) is 3.19. The number of nitrogens with one attached hydrogen (secondary N) is 1. The van der Waals surface area contributed by atoms with Gasteiger partial charge in [-0.25, -0.2) is 5.43 Å². The number of nitrogens with zero attached hydrogens (tertiary/aromatic N) is 2. The summed E-state index contributed by atoms with van der Waals surface area (Å²) < 4.78 is 6.62. The predicted molar refractivity (Wildman–Crippen MR) is 109 cm³/mol. The molecule has 28 heavy (non-hydrogen) atoms. The summed E-state index contributed by atoms with van der Waals surface area (Å²) in [5, 5.41) is 3.93. The Morgan fingerprint density at radius 1 is 1.11 bits per heavy atom. The van der Waals surface area contributed by atoms with Gasteiger partial charge in [-0.1, -0.05) is 42.0 Å². The Bertz CT molecular complexity index is 1040. The van der Waals surface area contributed by atoms with Crippen molar-refractivity contribution in [2.45, 2.75) is 13.5 Å². The van der Waals surface area contributed by atoms with Crippen molar-refractivity contribution in [1.82, 2.24) is 9.99 Å². The molecule has 0 unspecified atom stereocenters. The highest BCUT2D eigenvalue weighted by Gasteiger charge is 2.11. The number of carbonyl (C=O) groups excluding carboxylic acids is 1. The quantitative estimate of drug-likeness (QED) is 0.532. The summed E-state index contributed by atoms with van der Waals surface area (Å²) in [5.74, 6) is 0.202. The molecular weight excluding hydrogens is 354 g/mol. The Morgan fingerprint density at radius 3 is 2.50 bits per heavy atom. The fraction of sp³-hybridized carbons (Fsp3) is 0.136. The van der Waals surface area contributed by atoms with Gasteiger partial charge in [-0.2, -0.15) is 5.10 Å². The summed E-state index contributed by atoms with van der Waals surface area (Å²) in [4.78, 5) is 25.0. The monoisotopic (exact) mass is 375 g/mol. The van der Waals surface area contributed by atoms with Crippen LogP contribution in [0, 0.1) is 6.92 Å². The van der Waals surface area contributed by atoms with Gasteiger partial charge in [0.2, 0.25) is 0 Å². The van der Waals surface area contributed by atoms with Crippen molar-refractivity contribution in [1.29, 1.82) is 0 Å².